The van der Waals surface area contributed by atoms with Gasteiger partial charge in [0.1, 0.15) is 11.6 Å². The lowest BCUT2D eigenvalue weighted by Gasteiger charge is -2.08. The van der Waals surface area contributed by atoms with Crippen molar-refractivity contribution in [3.8, 4) is 5.75 Å². The molecule has 0 aliphatic heterocycles. The minimum atomic E-state index is -1.96. The molecule has 1 saturated carbocycles. The largest absolute Gasteiger partial charge is 0.508 e. The third kappa shape index (κ3) is 1.49. The SMILES string of the molecule is OB(O)c1c(O)ccc(C2CC2)c1F. The van der Waals surface area contributed by atoms with E-state index in [-0.39, 0.29) is 5.92 Å². The van der Waals surface area contributed by atoms with E-state index in [0.717, 1.165) is 12.8 Å². The molecule has 0 unspecified atom stereocenters. The number of hydrogen-bond donors (Lipinski definition) is 3. The predicted octanol–water partition coefficient (Wildman–Crippen LogP) is 0.0885. The van der Waals surface area contributed by atoms with E-state index < -0.39 is 24.1 Å². The molecule has 0 aromatic heterocycles. The standard InChI is InChI=1S/C9H10BFO3/c11-9-6(5-1-2-5)3-4-7(12)8(9)10(13)14/h3-5,12-14H,1-2H2. The van der Waals surface area contributed by atoms with Crippen LogP contribution in [-0.4, -0.2) is 22.3 Å². The van der Waals surface area contributed by atoms with Crippen LogP contribution in [0, 0.1) is 5.82 Å². The van der Waals surface area contributed by atoms with Gasteiger partial charge < -0.3 is 15.2 Å². The summed E-state index contributed by atoms with van der Waals surface area (Å²) in [6.45, 7) is 0. The van der Waals surface area contributed by atoms with E-state index >= 15 is 0 Å². The van der Waals surface area contributed by atoms with Crippen molar-refractivity contribution in [3.63, 3.8) is 0 Å². The van der Waals surface area contributed by atoms with Gasteiger partial charge in [-0.25, -0.2) is 4.39 Å². The summed E-state index contributed by atoms with van der Waals surface area (Å²) in [7, 11) is -1.96. The Labute approximate surface area is 81.0 Å². The molecule has 1 aromatic rings. The van der Waals surface area contributed by atoms with E-state index in [4.69, 9.17) is 10.0 Å². The van der Waals surface area contributed by atoms with E-state index in [9.17, 15) is 9.50 Å². The van der Waals surface area contributed by atoms with Crippen molar-refractivity contribution >= 4 is 12.6 Å². The first-order chi connectivity index (χ1) is 6.61. The van der Waals surface area contributed by atoms with Gasteiger partial charge in [0.15, 0.2) is 0 Å². The Hall–Kier alpha value is -1.07. The van der Waals surface area contributed by atoms with Gasteiger partial charge in [-0.15, -0.1) is 0 Å². The molecule has 0 atom stereocenters. The monoisotopic (exact) mass is 196 g/mol. The van der Waals surface area contributed by atoms with E-state index in [1.54, 1.807) is 0 Å². The average Bonchev–Trinajstić information content (AvgIpc) is 2.86. The number of halogens is 1. The Balaban J connectivity index is 2.50. The second-order valence-electron chi connectivity index (χ2n) is 3.55. The zero-order valence-corrected chi connectivity index (χ0v) is 7.44. The lowest BCUT2D eigenvalue weighted by molar-refractivity contribution is 0.415. The van der Waals surface area contributed by atoms with Crippen molar-refractivity contribution in [1.29, 1.82) is 0 Å². The average molecular weight is 196 g/mol. The smallest absolute Gasteiger partial charge is 0.495 e. The maximum atomic E-state index is 13.6. The third-order valence-corrected chi connectivity index (χ3v) is 2.46. The highest BCUT2D eigenvalue weighted by atomic mass is 19.1. The summed E-state index contributed by atoms with van der Waals surface area (Å²) < 4.78 is 13.6. The lowest BCUT2D eigenvalue weighted by atomic mass is 9.77. The molecule has 3 nitrogen and oxygen atoms in total. The van der Waals surface area contributed by atoms with Crippen LogP contribution in [0.15, 0.2) is 12.1 Å². The van der Waals surface area contributed by atoms with E-state index in [2.05, 4.69) is 0 Å². The second-order valence-corrected chi connectivity index (χ2v) is 3.55. The lowest BCUT2D eigenvalue weighted by Crippen LogP contribution is -2.33. The molecule has 2 rings (SSSR count). The molecule has 1 aromatic carbocycles. The number of aromatic hydroxyl groups is 1. The van der Waals surface area contributed by atoms with E-state index in [1.165, 1.54) is 12.1 Å². The van der Waals surface area contributed by atoms with Crippen molar-refractivity contribution in [2.75, 3.05) is 0 Å². The molecule has 14 heavy (non-hydrogen) atoms. The molecule has 1 aliphatic rings. The molecule has 5 heteroatoms. The Morgan fingerprint density at radius 2 is 1.93 bits per heavy atom. The Morgan fingerprint density at radius 3 is 2.43 bits per heavy atom. The highest BCUT2D eigenvalue weighted by Crippen LogP contribution is 2.41. The zero-order valence-electron chi connectivity index (χ0n) is 7.44. The van der Waals surface area contributed by atoms with E-state index in [0.29, 0.717) is 5.56 Å². The number of phenols is 1. The summed E-state index contributed by atoms with van der Waals surface area (Å²) in [5.74, 6) is -0.933. The van der Waals surface area contributed by atoms with Gasteiger partial charge in [-0.2, -0.15) is 0 Å². The van der Waals surface area contributed by atoms with Crippen LogP contribution in [0.25, 0.3) is 0 Å². The van der Waals surface area contributed by atoms with Crippen molar-refractivity contribution in [3.05, 3.63) is 23.5 Å². The first-order valence-corrected chi connectivity index (χ1v) is 4.48. The predicted molar refractivity (Wildman–Crippen MR) is 49.9 cm³/mol. The summed E-state index contributed by atoms with van der Waals surface area (Å²) in [6.07, 6.45) is 1.84. The highest BCUT2D eigenvalue weighted by Gasteiger charge is 2.31. The van der Waals surface area contributed by atoms with Gasteiger partial charge in [0.05, 0.1) is 5.46 Å². The normalized spacial score (nSPS) is 15.6. The zero-order chi connectivity index (χ0) is 10.3. The van der Waals surface area contributed by atoms with Crippen LogP contribution in [0.4, 0.5) is 4.39 Å². The van der Waals surface area contributed by atoms with Crippen LogP contribution >= 0.6 is 0 Å². The van der Waals surface area contributed by atoms with Gasteiger partial charge in [-0.1, -0.05) is 6.07 Å². The van der Waals surface area contributed by atoms with Crippen LogP contribution in [0.5, 0.6) is 5.75 Å². The molecule has 0 amide bonds. The summed E-state index contributed by atoms with van der Waals surface area (Å²) in [5.41, 5.74) is 0.0419. The fraction of sp³-hybridized carbons (Fsp3) is 0.333. The van der Waals surface area contributed by atoms with Crippen LogP contribution in [0.1, 0.15) is 24.3 Å². The first kappa shape index (κ1) is 9.49. The quantitative estimate of drug-likeness (QED) is 0.587. The highest BCUT2D eigenvalue weighted by molar-refractivity contribution is 6.59. The minimum Gasteiger partial charge on any atom is -0.508 e. The minimum absolute atomic E-state index is 0.174. The fourth-order valence-electron chi connectivity index (χ4n) is 1.55. The van der Waals surface area contributed by atoms with Crippen LogP contribution in [-0.2, 0) is 0 Å². The van der Waals surface area contributed by atoms with Gasteiger partial charge in [0.25, 0.3) is 0 Å². The van der Waals surface area contributed by atoms with Gasteiger partial charge in [0.2, 0.25) is 0 Å². The topological polar surface area (TPSA) is 60.7 Å². The summed E-state index contributed by atoms with van der Waals surface area (Å²) in [6, 6.07) is 2.79. The summed E-state index contributed by atoms with van der Waals surface area (Å²) in [4.78, 5) is 0. The van der Waals surface area contributed by atoms with Crippen molar-refractivity contribution in [2.45, 2.75) is 18.8 Å². The molecule has 0 heterocycles. The van der Waals surface area contributed by atoms with Crippen LogP contribution in [0.3, 0.4) is 0 Å². The van der Waals surface area contributed by atoms with Gasteiger partial charge in [0, 0.05) is 0 Å². The molecule has 0 radical (unpaired) electrons. The molecule has 3 N–H and O–H groups in total. The molecular formula is C9H10BFO3. The molecule has 0 spiro atoms. The molecule has 74 valence electrons. The van der Waals surface area contributed by atoms with Crippen molar-refractivity contribution in [2.24, 2.45) is 0 Å². The number of hydrogen-bond acceptors (Lipinski definition) is 3. The third-order valence-electron chi connectivity index (χ3n) is 2.46. The molecule has 0 saturated heterocycles. The van der Waals surface area contributed by atoms with Crippen LogP contribution in [0.2, 0.25) is 0 Å². The second kappa shape index (κ2) is 3.26. The first-order valence-electron chi connectivity index (χ1n) is 4.48. The van der Waals surface area contributed by atoms with Gasteiger partial charge in [-0.3, -0.25) is 0 Å². The molecule has 1 aliphatic carbocycles. The maximum Gasteiger partial charge on any atom is 0.495 e. The summed E-state index contributed by atoms with van der Waals surface area (Å²) in [5, 5.41) is 27.0. The number of rotatable bonds is 2. The number of phenolic OH excluding ortho intramolecular Hbond substituents is 1. The van der Waals surface area contributed by atoms with Crippen LogP contribution < -0.4 is 5.46 Å². The van der Waals surface area contributed by atoms with Gasteiger partial charge >= 0.3 is 7.12 Å². The Morgan fingerprint density at radius 1 is 1.29 bits per heavy atom. The maximum absolute atomic E-state index is 13.6. The Bertz CT molecular complexity index is 363. The molecule has 0 bridgehead atoms. The van der Waals surface area contributed by atoms with Crippen molar-refractivity contribution in [1.82, 2.24) is 0 Å². The van der Waals surface area contributed by atoms with E-state index in [1.807, 2.05) is 0 Å². The fourth-order valence-corrected chi connectivity index (χ4v) is 1.55. The Kier molecular flexibility index (Phi) is 2.21. The number of benzene rings is 1. The van der Waals surface area contributed by atoms with Gasteiger partial charge in [-0.05, 0) is 30.4 Å². The summed E-state index contributed by atoms with van der Waals surface area (Å²) >= 11 is 0. The molecule has 1 fully saturated rings. The molecular weight excluding hydrogens is 186 g/mol. The van der Waals surface area contributed by atoms with Crippen molar-refractivity contribution < 1.29 is 19.5 Å².